The number of aromatic amines is 2. The van der Waals surface area contributed by atoms with Crippen molar-refractivity contribution in [1.29, 1.82) is 0 Å². The number of nitrogens with one attached hydrogen (secondary N) is 3. The Morgan fingerprint density at radius 2 is 2.02 bits per heavy atom. The molecule has 2 aliphatic heterocycles. The largest absolute Gasteiger partial charge is 0.481 e. The van der Waals surface area contributed by atoms with Gasteiger partial charge < -0.3 is 19.9 Å². The minimum atomic E-state index is -0.553. The number of carbonyl (C=O) groups excluding carboxylic acids is 2. The first kappa shape index (κ1) is 25.4. The van der Waals surface area contributed by atoms with E-state index in [1.54, 1.807) is 18.5 Å². The first-order valence-electron chi connectivity index (χ1n) is 13.8. The maximum atomic E-state index is 14.4. The van der Waals surface area contributed by atoms with E-state index in [0.29, 0.717) is 30.8 Å². The van der Waals surface area contributed by atoms with Gasteiger partial charge in [0, 0.05) is 55.0 Å². The summed E-state index contributed by atoms with van der Waals surface area (Å²) in [5.41, 5.74) is 2.29. The van der Waals surface area contributed by atoms with Gasteiger partial charge >= 0.3 is 0 Å². The number of aromatic nitrogens is 6. The molecule has 2 amide bonds. The van der Waals surface area contributed by atoms with Gasteiger partial charge in [0.2, 0.25) is 11.8 Å². The van der Waals surface area contributed by atoms with Crippen LogP contribution in [0.15, 0.2) is 36.8 Å². The Morgan fingerprint density at radius 1 is 1.15 bits per heavy atom. The quantitative estimate of drug-likeness (QED) is 0.327. The molecule has 3 aliphatic rings. The van der Waals surface area contributed by atoms with Crippen LogP contribution in [0, 0.1) is 11.7 Å². The van der Waals surface area contributed by atoms with Crippen molar-refractivity contribution in [3.63, 3.8) is 0 Å². The van der Waals surface area contributed by atoms with Crippen LogP contribution in [0.2, 0.25) is 0 Å². The second kappa shape index (κ2) is 9.82. The molecule has 1 aliphatic carbocycles. The lowest BCUT2D eigenvalue weighted by atomic mass is 9.87. The molecule has 2 unspecified atom stereocenters. The van der Waals surface area contributed by atoms with Gasteiger partial charge in [-0.1, -0.05) is 0 Å². The van der Waals surface area contributed by atoms with Gasteiger partial charge in [-0.05, 0) is 44.2 Å². The van der Waals surface area contributed by atoms with Crippen molar-refractivity contribution in [3.8, 4) is 17.1 Å². The molecule has 4 aromatic heterocycles. The van der Waals surface area contributed by atoms with E-state index in [1.165, 1.54) is 13.2 Å². The fraction of sp³-hybridized carbons (Fsp3) is 0.429. The van der Waals surface area contributed by atoms with Gasteiger partial charge in [-0.15, -0.1) is 0 Å². The molecule has 0 radical (unpaired) electrons. The summed E-state index contributed by atoms with van der Waals surface area (Å²) in [6.45, 7) is 2.05. The zero-order chi connectivity index (χ0) is 28.1. The SMILES string of the molecule is COc1cc(-c2cc(C(=O)N3CCC(C(=O)NC4CCN(c5ccnc6[nH]ncc56)C4)CC34CC4)[nH]n2)c(F)cn1. The molecule has 1 saturated carbocycles. The predicted molar refractivity (Wildman–Crippen MR) is 147 cm³/mol. The lowest BCUT2D eigenvalue weighted by molar-refractivity contribution is -0.127. The third kappa shape index (κ3) is 4.54. The van der Waals surface area contributed by atoms with Gasteiger partial charge in [-0.25, -0.2) is 14.4 Å². The first-order chi connectivity index (χ1) is 19.9. The zero-order valence-electron chi connectivity index (χ0n) is 22.6. The summed E-state index contributed by atoms with van der Waals surface area (Å²) in [5, 5.41) is 18.2. The summed E-state index contributed by atoms with van der Waals surface area (Å²) >= 11 is 0. The van der Waals surface area contributed by atoms with Crippen LogP contribution in [0.3, 0.4) is 0 Å². The molecular formula is C28H30FN9O3. The molecule has 3 N–H and O–H groups in total. The number of rotatable bonds is 6. The lowest BCUT2D eigenvalue weighted by Gasteiger charge is -2.39. The Kier molecular flexibility index (Phi) is 6.09. The average molecular weight is 560 g/mol. The highest BCUT2D eigenvalue weighted by Crippen LogP contribution is 2.50. The summed E-state index contributed by atoms with van der Waals surface area (Å²) in [7, 11) is 1.45. The molecule has 1 spiro atoms. The van der Waals surface area contributed by atoms with E-state index in [9.17, 15) is 14.0 Å². The Labute approximate surface area is 234 Å². The van der Waals surface area contributed by atoms with Crippen LogP contribution in [-0.4, -0.2) is 85.4 Å². The maximum absolute atomic E-state index is 14.4. The van der Waals surface area contributed by atoms with Gasteiger partial charge in [0.15, 0.2) is 11.5 Å². The molecule has 2 saturated heterocycles. The fourth-order valence-electron chi connectivity index (χ4n) is 6.32. The third-order valence-electron chi connectivity index (χ3n) is 8.67. The lowest BCUT2D eigenvalue weighted by Crippen LogP contribution is -2.52. The summed E-state index contributed by atoms with van der Waals surface area (Å²) in [5.74, 6) is -0.566. The zero-order valence-corrected chi connectivity index (χ0v) is 22.6. The third-order valence-corrected chi connectivity index (χ3v) is 8.67. The summed E-state index contributed by atoms with van der Waals surface area (Å²) < 4.78 is 19.5. The van der Waals surface area contributed by atoms with Gasteiger partial charge in [0.1, 0.15) is 5.69 Å². The van der Waals surface area contributed by atoms with Gasteiger partial charge in [-0.2, -0.15) is 10.2 Å². The molecule has 6 heterocycles. The van der Waals surface area contributed by atoms with Crippen LogP contribution in [0.1, 0.15) is 42.6 Å². The predicted octanol–water partition coefficient (Wildman–Crippen LogP) is 2.67. The number of fused-ring (bicyclic) bond motifs is 1. The highest BCUT2D eigenvalue weighted by atomic mass is 19.1. The van der Waals surface area contributed by atoms with E-state index in [-0.39, 0.29) is 40.8 Å². The molecule has 212 valence electrons. The number of hydrogen-bond acceptors (Lipinski definition) is 8. The van der Waals surface area contributed by atoms with Crippen molar-refractivity contribution in [2.24, 2.45) is 5.92 Å². The van der Waals surface area contributed by atoms with Crippen LogP contribution < -0.4 is 15.0 Å². The number of nitrogens with zero attached hydrogens (tertiary/aromatic N) is 6. The smallest absolute Gasteiger partial charge is 0.272 e. The number of halogens is 1. The molecule has 3 fully saturated rings. The van der Waals surface area contributed by atoms with E-state index in [4.69, 9.17) is 4.74 Å². The van der Waals surface area contributed by atoms with Crippen molar-refractivity contribution in [1.82, 2.24) is 40.6 Å². The molecule has 13 heteroatoms. The number of anilines is 1. The van der Waals surface area contributed by atoms with Gasteiger partial charge in [-0.3, -0.25) is 19.8 Å². The van der Waals surface area contributed by atoms with Gasteiger partial charge in [0.05, 0.1) is 36.3 Å². The number of amides is 2. The van der Waals surface area contributed by atoms with E-state index in [1.807, 2.05) is 11.0 Å². The van der Waals surface area contributed by atoms with Crippen LogP contribution in [-0.2, 0) is 4.79 Å². The van der Waals surface area contributed by atoms with Gasteiger partial charge in [0.25, 0.3) is 5.91 Å². The van der Waals surface area contributed by atoms with Crippen molar-refractivity contribution >= 4 is 28.5 Å². The van der Waals surface area contributed by atoms with E-state index in [2.05, 4.69) is 40.6 Å². The average Bonchev–Trinajstić information content (AvgIpc) is 3.42. The number of piperidine rings is 1. The van der Waals surface area contributed by atoms with Crippen LogP contribution >= 0.6 is 0 Å². The number of ether oxygens (including phenoxy) is 1. The normalized spacial score (nSPS) is 21.4. The molecule has 2 atom stereocenters. The Morgan fingerprint density at radius 3 is 2.85 bits per heavy atom. The number of H-pyrrole nitrogens is 2. The monoisotopic (exact) mass is 559 g/mol. The summed E-state index contributed by atoms with van der Waals surface area (Å²) in [6.07, 6.45) is 8.43. The highest BCUT2D eigenvalue weighted by Gasteiger charge is 2.54. The Balaban J connectivity index is 0.988. The minimum Gasteiger partial charge on any atom is -0.481 e. The van der Waals surface area contributed by atoms with E-state index >= 15 is 0 Å². The first-order valence-corrected chi connectivity index (χ1v) is 13.8. The van der Waals surface area contributed by atoms with Crippen LogP contribution in [0.5, 0.6) is 5.88 Å². The van der Waals surface area contributed by atoms with E-state index < -0.39 is 5.82 Å². The minimum absolute atomic E-state index is 0.0584. The number of methoxy groups -OCH3 is 1. The number of carbonyl (C=O) groups is 2. The van der Waals surface area contributed by atoms with E-state index in [0.717, 1.165) is 55.3 Å². The number of pyridine rings is 2. The van der Waals surface area contributed by atoms with Crippen LogP contribution in [0.4, 0.5) is 10.1 Å². The van der Waals surface area contributed by atoms with Crippen molar-refractivity contribution < 1.29 is 18.7 Å². The fourth-order valence-corrected chi connectivity index (χ4v) is 6.32. The van der Waals surface area contributed by atoms with Crippen molar-refractivity contribution in [2.75, 3.05) is 31.6 Å². The summed E-state index contributed by atoms with van der Waals surface area (Å²) in [6, 6.07) is 5.05. The number of hydrogen-bond donors (Lipinski definition) is 3. The highest BCUT2D eigenvalue weighted by molar-refractivity contribution is 5.94. The Hall–Kier alpha value is -4.55. The molecule has 12 nitrogen and oxygen atoms in total. The molecule has 7 rings (SSSR count). The van der Waals surface area contributed by atoms with Crippen LogP contribution in [0.25, 0.3) is 22.3 Å². The molecule has 0 bridgehead atoms. The molecule has 4 aromatic rings. The standard InChI is InChI=1S/C28H30FN9O3/c1-41-24-10-18(20(29)14-31-24)21-11-22(35-34-21)27(40)38-9-3-16(12-28(38)5-6-28)26(39)33-17-4-8-37(15-17)23-2-7-30-25-19(23)13-32-36-25/h2,7,10-11,13-14,16-17H,3-6,8-9,12,15H2,1H3,(H,33,39)(H,34,35)(H,30,32,36). The summed E-state index contributed by atoms with van der Waals surface area (Å²) in [4.78, 5) is 39.2. The second-order valence-corrected chi connectivity index (χ2v) is 11.1. The molecule has 41 heavy (non-hydrogen) atoms. The molecular weight excluding hydrogens is 529 g/mol. The molecule has 0 aromatic carbocycles. The number of likely N-dealkylation sites (tertiary alicyclic amines) is 1. The second-order valence-electron chi connectivity index (χ2n) is 11.1. The topological polar surface area (TPSA) is 145 Å². The van der Waals surface area contributed by atoms with Crippen molar-refractivity contribution in [2.45, 2.75) is 43.7 Å². The maximum Gasteiger partial charge on any atom is 0.272 e. The Bertz CT molecular complexity index is 1630. The van der Waals surface area contributed by atoms with Crippen molar-refractivity contribution in [3.05, 3.63) is 48.3 Å².